The summed E-state index contributed by atoms with van der Waals surface area (Å²) in [6, 6.07) is 8.74. The third kappa shape index (κ3) is 3.48. The van der Waals surface area contributed by atoms with Gasteiger partial charge in [-0.15, -0.1) is 0 Å². The Labute approximate surface area is 116 Å². The van der Waals surface area contributed by atoms with Gasteiger partial charge in [0.1, 0.15) is 11.4 Å². The van der Waals surface area contributed by atoms with Gasteiger partial charge >= 0.3 is 0 Å². The monoisotopic (exact) mass is 263 g/mol. The lowest BCUT2D eigenvalue weighted by Gasteiger charge is -2.40. The minimum atomic E-state index is -0.143. The van der Waals surface area contributed by atoms with Crippen LogP contribution >= 0.6 is 0 Å². The molecule has 1 aliphatic heterocycles. The molecule has 1 aromatic carbocycles. The zero-order chi connectivity index (χ0) is 13.7. The molecule has 2 unspecified atom stereocenters. The van der Waals surface area contributed by atoms with Crippen LogP contribution in [0.2, 0.25) is 0 Å². The van der Waals surface area contributed by atoms with Crippen molar-refractivity contribution >= 4 is 0 Å². The molecule has 0 saturated heterocycles. The van der Waals surface area contributed by atoms with E-state index in [2.05, 4.69) is 37.4 Å². The summed E-state index contributed by atoms with van der Waals surface area (Å²) in [5, 5.41) is 3.64. The molecule has 19 heavy (non-hydrogen) atoms. The highest BCUT2D eigenvalue weighted by molar-refractivity contribution is 5.38. The number of benzene rings is 1. The van der Waals surface area contributed by atoms with Crippen LogP contribution in [0, 0.1) is 0 Å². The number of methoxy groups -OCH3 is 1. The molecule has 0 spiro atoms. The van der Waals surface area contributed by atoms with Gasteiger partial charge in [0.2, 0.25) is 0 Å². The predicted molar refractivity (Wildman–Crippen MR) is 77.6 cm³/mol. The Morgan fingerprint density at radius 3 is 2.95 bits per heavy atom. The number of ether oxygens (including phenoxy) is 2. The Kier molecular flexibility index (Phi) is 4.83. The number of hydrogen-bond acceptors (Lipinski definition) is 3. The summed E-state index contributed by atoms with van der Waals surface area (Å²) in [4.78, 5) is 0. The summed E-state index contributed by atoms with van der Waals surface area (Å²) < 4.78 is 11.4. The van der Waals surface area contributed by atoms with Gasteiger partial charge in [0.05, 0.1) is 0 Å². The van der Waals surface area contributed by atoms with E-state index in [1.54, 1.807) is 7.11 Å². The van der Waals surface area contributed by atoms with Crippen molar-refractivity contribution in [2.24, 2.45) is 0 Å². The molecule has 0 radical (unpaired) electrons. The number of para-hydroxylation sites is 1. The van der Waals surface area contributed by atoms with Gasteiger partial charge < -0.3 is 14.8 Å². The molecule has 0 fully saturated rings. The van der Waals surface area contributed by atoms with E-state index in [1.807, 2.05) is 6.07 Å². The Bertz CT molecular complexity index is 407. The Hall–Kier alpha value is -1.06. The number of fused-ring (bicyclic) bond motifs is 1. The van der Waals surface area contributed by atoms with Crippen LogP contribution in [0.4, 0.5) is 0 Å². The third-order valence-electron chi connectivity index (χ3n) is 3.76. The van der Waals surface area contributed by atoms with E-state index >= 15 is 0 Å². The molecule has 0 aromatic heterocycles. The van der Waals surface area contributed by atoms with Crippen molar-refractivity contribution in [3.05, 3.63) is 29.8 Å². The Balaban J connectivity index is 2.18. The quantitative estimate of drug-likeness (QED) is 0.854. The summed E-state index contributed by atoms with van der Waals surface area (Å²) in [5.74, 6) is 1.01. The van der Waals surface area contributed by atoms with Gasteiger partial charge in [0.25, 0.3) is 0 Å². The molecule has 1 aromatic rings. The molecule has 2 rings (SSSR count). The highest BCUT2D eigenvalue weighted by Gasteiger charge is 2.36. The predicted octanol–water partition coefficient (Wildman–Crippen LogP) is 3.31. The van der Waals surface area contributed by atoms with Crippen molar-refractivity contribution in [1.82, 2.24) is 5.32 Å². The second-order valence-electron chi connectivity index (χ2n) is 5.54. The number of rotatable bonds is 6. The summed E-state index contributed by atoms with van der Waals surface area (Å²) >= 11 is 0. The zero-order valence-electron chi connectivity index (χ0n) is 12.2. The molecule has 1 aliphatic rings. The van der Waals surface area contributed by atoms with Crippen LogP contribution in [-0.4, -0.2) is 25.9 Å². The smallest absolute Gasteiger partial charge is 0.124 e. The average molecular weight is 263 g/mol. The maximum absolute atomic E-state index is 6.21. The van der Waals surface area contributed by atoms with E-state index in [-0.39, 0.29) is 5.60 Å². The Morgan fingerprint density at radius 2 is 2.21 bits per heavy atom. The molecule has 2 atom stereocenters. The zero-order valence-corrected chi connectivity index (χ0v) is 12.2. The van der Waals surface area contributed by atoms with Crippen molar-refractivity contribution in [2.45, 2.75) is 44.8 Å². The second kappa shape index (κ2) is 6.40. The first-order valence-electron chi connectivity index (χ1n) is 7.19. The van der Waals surface area contributed by atoms with Crippen LogP contribution in [0.3, 0.4) is 0 Å². The van der Waals surface area contributed by atoms with Gasteiger partial charge in [-0.3, -0.25) is 0 Å². The first-order chi connectivity index (χ1) is 9.18. The maximum atomic E-state index is 6.21. The topological polar surface area (TPSA) is 30.5 Å². The SMILES string of the molecule is CCCNC1CC(C)(CCOC)Oc2ccccc21. The average Bonchev–Trinajstić information content (AvgIpc) is 2.42. The van der Waals surface area contributed by atoms with Gasteiger partial charge in [-0.05, 0) is 26.0 Å². The van der Waals surface area contributed by atoms with Crippen molar-refractivity contribution in [2.75, 3.05) is 20.3 Å². The standard InChI is InChI=1S/C16H25NO2/c1-4-10-17-14-12-16(2,9-11-18-3)19-15-8-6-5-7-13(14)15/h5-8,14,17H,4,9-12H2,1-3H3. The minimum absolute atomic E-state index is 0.143. The summed E-state index contributed by atoms with van der Waals surface area (Å²) in [6.07, 6.45) is 3.06. The van der Waals surface area contributed by atoms with Gasteiger partial charge in [0, 0.05) is 38.2 Å². The molecule has 1 N–H and O–H groups in total. The van der Waals surface area contributed by atoms with E-state index in [0.717, 1.165) is 38.2 Å². The van der Waals surface area contributed by atoms with Gasteiger partial charge in [0.15, 0.2) is 0 Å². The Morgan fingerprint density at radius 1 is 1.42 bits per heavy atom. The molecule has 3 heteroatoms. The van der Waals surface area contributed by atoms with E-state index < -0.39 is 0 Å². The molecule has 1 heterocycles. The van der Waals surface area contributed by atoms with Crippen LogP contribution in [0.15, 0.2) is 24.3 Å². The lowest BCUT2D eigenvalue weighted by molar-refractivity contribution is 0.0171. The van der Waals surface area contributed by atoms with Crippen molar-refractivity contribution in [3.63, 3.8) is 0 Å². The lowest BCUT2D eigenvalue weighted by atomic mass is 9.86. The van der Waals surface area contributed by atoms with Gasteiger partial charge in [-0.2, -0.15) is 0 Å². The fourth-order valence-corrected chi connectivity index (χ4v) is 2.68. The van der Waals surface area contributed by atoms with Crippen LogP contribution < -0.4 is 10.1 Å². The summed E-state index contributed by atoms with van der Waals surface area (Å²) in [5.41, 5.74) is 1.14. The first kappa shape index (κ1) is 14.4. The fraction of sp³-hybridized carbons (Fsp3) is 0.625. The van der Waals surface area contributed by atoms with E-state index in [9.17, 15) is 0 Å². The molecule has 0 amide bonds. The largest absolute Gasteiger partial charge is 0.487 e. The normalized spacial score (nSPS) is 25.7. The molecular formula is C16H25NO2. The summed E-state index contributed by atoms with van der Waals surface area (Å²) in [6.45, 7) is 6.16. The first-order valence-corrected chi connectivity index (χ1v) is 7.19. The van der Waals surface area contributed by atoms with Crippen molar-refractivity contribution < 1.29 is 9.47 Å². The van der Waals surface area contributed by atoms with Crippen molar-refractivity contribution in [3.8, 4) is 5.75 Å². The molecule has 0 aliphatic carbocycles. The highest BCUT2D eigenvalue weighted by Crippen LogP contribution is 2.40. The van der Waals surface area contributed by atoms with Crippen LogP contribution in [0.5, 0.6) is 5.75 Å². The van der Waals surface area contributed by atoms with Gasteiger partial charge in [-0.1, -0.05) is 25.1 Å². The minimum Gasteiger partial charge on any atom is -0.487 e. The third-order valence-corrected chi connectivity index (χ3v) is 3.76. The van der Waals surface area contributed by atoms with E-state index in [0.29, 0.717) is 6.04 Å². The highest BCUT2D eigenvalue weighted by atomic mass is 16.5. The molecular weight excluding hydrogens is 238 g/mol. The molecule has 0 saturated carbocycles. The van der Waals surface area contributed by atoms with Crippen molar-refractivity contribution in [1.29, 1.82) is 0 Å². The second-order valence-corrected chi connectivity index (χ2v) is 5.54. The molecule has 0 bridgehead atoms. The van der Waals surface area contributed by atoms with E-state index in [4.69, 9.17) is 9.47 Å². The van der Waals surface area contributed by atoms with Gasteiger partial charge in [-0.25, -0.2) is 0 Å². The van der Waals surface area contributed by atoms with Crippen LogP contribution in [0.25, 0.3) is 0 Å². The maximum Gasteiger partial charge on any atom is 0.124 e. The summed E-state index contributed by atoms with van der Waals surface area (Å²) in [7, 11) is 1.74. The lowest BCUT2D eigenvalue weighted by Crippen LogP contribution is -2.42. The molecule has 3 nitrogen and oxygen atoms in total. The fourth-order valence-electron chi connectivity index (χ4n) is 2.68. The molecule has 106 valence electrons. The number of hydrogen-bond donors (Lipinski definition) is 1. The van der Waals surface area contributed by atoms with Crippen LogP contribution in [0.1, 0.15) is 44.7 Å². The van der Waals surface area contributed by atoms with E-state index in [1.165, 1.54) is 5.56 Å². The number of nitrogens with one attached hydrogen (secondary N) is 1. The van der Waals surface area contributed by atoms with Crippen LogP contribution in [-0.2, 0) is 4.74 Å².